The molecule has 0 unspecified atom stereocenters. The molecule has 3 N–H and O–H groups in total. The molecule has 11 nitrogen and oxygen atoms in total. The predicted molar refractivity (Wildman–Crippen MR) is 92.2 cm³/mol. The van der Waals surface area contributed by atoms with Crippen molar-refractivity contribution in [1.82, 2.24) is 24.6 Å². The number of nitrogens with one attached hydrogen (secondary N) is 2. The lowest BCUT2D eigenvalue weighted by Gasteiger charge is -2.01. The largest absolute Gasteiger partial charge is 0.493 e. The second kappa shape index (κ2) is 5.71. The van der Waals surface area contributed by atoms with E-state index >= 15 is 0 Å². The molecule has 27 heavy (non-hydrogen) atoms. The number of H-pyrrole nitrogens is 2. The summed E-state index contributed by atoms with van der Waals surface area (Å²) in [6.07, 6.45) is 7.52. The van der Waals surface area contributed by atoms with Crippen LogP contribution in [0, 0.1) is 12.8 Å². The average Bonchev–Trinajstić information content (AvgIpc) is 3.23. The molecule has 0 spiro atoms. The summed E-state index contributed by atoms with van der Waals surface area (Å²) < 4.78 is 25.4. The third-order valence-corrected chi connectivity index (χ3v) is 4.76. The first-order valence-electron chi connectivity index (χ1n) is 7.72. The van der Waals surface area contributed by atoms with Crippen LogP contribution in [0.4, 0.5) is 5.69 Å². The van der Waals surface area contributed by atoms with E-state index in [0.29, 0.717) is 5.22 Å². The average molecular weight is 386 g/mol. The molecule has 0 radical (unpaired) electrons. The summed E-state index contributed by atoms with van der Waals surface area (Å²) in [6.45, 7) is 7.37. The number of rotatable bonds is 3. The van der Waals surface area contributed by atoms with Crippen LogP contribution in [0.3, 0.4) is 0 Å². The molecule has 1 aliphatic carbocycles. The molecule has 3 heterocycles. The molecular formula is C15H12N7O4S+. The molecule has 3 aromatic rings. The number of hydrogen-bond donors (Lipinski definition) is 3. The Labute approximate surface area is 151 Å². The highest BCUT2D eigenvalue weighted by Crippen LogP contribution is 2.24. The van der Waals surface area contributed by atoms with Crippen molar-refractivity contribution in [2.45, 2.75) is 23.9 Å². The van der Waals surface area contributed by atoms with Crippen molar-refractivity contribution >= 4 is 27.2 Å². The normalized spacial score (nSPS) is 16.1. The van der Waals surface area contributed by atoms with E-state index in [1.165, 1.54) is 16.8 Å². The third-order valence-electron chi connectivity index (χ3n) is 3.89. The van der Waals surface area contributed by atoms with E-state index in [9.17, 15) is 18.3 Å². The van der Waals surface area contributed by atoms with Gasteiger partial charge in [-0.05, 0) is 18.9 Å². The minimum Gasteiger partial charge on any atom is -0.493 e. The molecular weight excluding hydrogens is 374 g/mol. The van der Waals surface area contributed by atoms with Crippen molar-refractivity contribution in [3.8, 4) is 5.88 Å². The van der Waals surface area contributed by atoms with Gasteiger partial charge in [-0.1, -0.05) is 0 Å². The van der Waals surface area contributed by atoms with Crippen LogP contribution >= 0.6 is 0 Å². The Bertz CT molecular complexity index is 1400. The van der Waals surface area contributed by atoms with Gasteiger partial charge in [-0.3, -0.25) is 9.98 Å². The van der Waals surface area contributed by atoms with E-state index in [2.05, 4.69) is 36.1 Å². The number of nitrogens with zero attached hydrogens (tertiary/aromatic N) is 5. The van der Waals surface area contributed by atoms with Crippen LogP contribution in [0.15, 0.2) is 21.0 Å². The van der Waals surface area contributed by atoms with Gasteiger partial charge >= 0.3 is 15.5 Å². The summed E-state index contributed by atoms with van der Waals surface area (Å²) in [5.74, 6) is -0.384. The second-order valence-corrected chi connectivity index (χ2v) is 7.61. The summed E-state index contributed by atoms with van der Waals surface area (Å²) in [4.78, 5) is 27.6. The van der Waals surface area contributed by atoms with E-state index in [1.54, 1.807) is 0 Å². The van der Waals surface area contributed by atoms with Gasteiger partial charge in [0.05, 0.1) is 18.8 Å². The Morgan fingerprint density at radius 2 is 2.19 bits per heavy atom. The first-order valence-corrected chi connectivity index (χ1v) is 9.37. The molecule has 4 rings (SSSR count). The summed E-state index contributed by atoms with van der Waals surface area (Å²) in [5, 5.41) is 13.7. The monoisotopic (exact) mass is 386 g/mol. The zero-order valence-electron chi connectivity index (χ0n) is 13.7. The van der Waals surface area contributed by atoms with Crippen LogP contribution in [0.2, 0.25) is 0 Å². The number of sulfone groups is 1. The predicted octanol–water partition coefficient (Wildman–Crippen LogP) is -0.822. The SMILES string of the molecule is [C-]#[N+]c1c(S([CH2+])(=O)=O)nc2c(=Cc3[nH]c(=O)[nH]c3O)cnn2c1=NC1CC1. The Hall–Kier alpha value is -3.59. The van der Waals surface area contributed by atoms with Crippen LogP contribution in [0.25, 0.3) is 16.6 Å². The number of aromatic hydroxyl groups is 1. The highest BCUT2D eigenvalue weighted by molar-refractivity contribution is 7.92. The third kappa shape index (κ3) is 2.93. The Kier molecular flexibility index (Phi) is 3.57. The Morgan fingerprint density at radius 1 is 1.44 bits per heavy atom. The van der Waals surface area contributed by atoms with Crippen molar-refractivity contribution in [3.63, 3.8) is 0 Å². The molecule has 0 saturated heterocycles. The minimum atomic E-state index is -4.05. The molecule has 0 aromatic carbocycles. The lowest BCUT2D eigenvalue weighted by molar-refractivity contribution is 0.454. The molecule has 1 saturated carbocycles. The molecule has 1 aliphatic rings. The topological polar surface area (TPSA) is 150 Å². The maximum absolute atomic E-state index is 12.1. The molecule has 0 amide bonds. The maximum atomic E-state index is 12.1. The van der Waals surface area contributed by atoms with E-state index in [0.717, 1.165) is 12.8 Å². The number of imidazole rings is 1. The summed E-state index contributed by atoms with van der Waals surface area (Å²) in [6, 6.07) is -0.00169. The molecule has 0 bridgehead atoms. The van der Waals surface area contributed by atoms with E-state index in [4.69, 9.17) is 6.57 Å². The van der Waals surface area contributed by atoms with E-state index in [1.807, 2.05) is 0 Å². The van der Waals surface area contributed by atoms with Gasteiger partial charge in [-0.15, -0.1) is 0 Å². The standard InChI is InChI=1S/C15H11N7O4S/c1-16-10-12(18-8-3-4-8)22-11(20-14(10)27(2,25)26)7(6-17-22)5-9-13(23)21-15(24)19-9/h5-6,8H,2-4H2,(H2-,17,18,19,20,21,23,24)/p+1. The first kappa shape index (κ1) is 16.9. The fourth-order valence-electron chi connectivity index (χ4n) is 2.52. The zero-order chi connectivity index (χ0) is 19.3. The fraction of sp³-hybridized carbons (Fsp3) is 0.200. The molecule has 12 heteroatoms. The van der Waals surface area contributed by atoms with Gasteiger partial charge in [-0.2, -0.15) is 13.5 Å². The van der Waals surface area contributed by atoms with Crippen molar-refractivity contribution in [2.24, 2.45) is 4.99 Å². The Balaban J connectivity index is 2.13. The van der Waals surface area contributed by atoms with E-state index in [-0.39, 0.29) is 34.4 Å². The number of aromatic amines is 2. The van der Waals surface area contributed by atoms with Crippen LogP contribution < -0.4 is 16.4 Å². The summed E-state index contributed by atoms with van der Waals surface area (Å²) in [5.41, 5.74) is -0.580. The zero-order valence-corrected chi connectivity index (χ0v) is 14.5. The fourth-order valence-corrected chi connectivity index (χ4v) is 3.18. The van der Waals surface area contributed by atoms with Crippen LogP contribution in [0.1, 0.15) is 18.5 Å². The molecule has 0 aliphatic heterocycles. The maximum Gasteiger partial charge on any atom is 0.327 e. The highest BCUT2D eigenvalue weighted by atomic mass is 32.2. The van der Waals surface area contributed by atoms with E-state index < -0.39 is 20.6 Å². The lowest BCUT2D eigenvalue weighted by Crippen LogP contribution is -2.22. The van der Waals surface area contributed by atoms with Crippen LogP contribution in [-0.2, 0) is 9.84 Å². The van der Waals surface area contributed by atoms with Crippen LogP contribution in [-0.4, -0.2) is 44.1 Å². The molecule has 0 atom stereocenters. The van der Waals surface area contributed by atoms with Gasteiger partial charge in [0.1, 0.15) is 5.69 Å². The lowest BCUT2D eigenvalue weighted by atomic mass is 10.3. The molecule has 1 fully saturated rings. The van der Waals surface area contributed by atoms with Gasteiger partial charge in [-0.25, -0.2) is 19.1 Å². The van der Waals surface area contributed by atoms with Gasteiger partial charge in [0.15, 0.2) is 17.4 Å². The van der Waals surface area contributed by atoms with Crippen molar-refractivity contribution < 1.29 is 13.5 Å². The summed E-state index contributed by atoms with van der Waals surface area (Å²) >= 11 is 0. The van der Waals surface area contributed by atoms with Crippen molar-refractivity contribution in [1.29, 1.82) is 0 Å². The quantitative estimate of drug-likeness (QED) is 0.395. The highest BCUT2D eigenvalue weighted by Gasteiger charge is 2.28. The minimum absolute atomic E-state index is 0.00169. The second-order valence-electron chi connectivity index (χ2n) is 6.00. The van der Waals surface area contributed by atoms with Gasteiger partial charge in [0.25, 0.3) is 5.69 Å². The first-order chi connectivity index (χ1) is 12.8. The van der Waals surface area contributed by atoms with Gasteiger partial charge < -0.3 is 10.1 Å². The van der Waals surface area contributed by atoms with Crippen molar-refractivity contribution in [2.75, 3.05) is 0 Å². The Morgan fingerprint density at radius 3 is 2.74 bits per heavy atom. The molecule has 3 aromatic heterocycles. The number of aromatic nitrogens is 5. The number of fused-ring (bicyclic) bond motifs is 1. The van der Waals surface area contributed by atoms with Gasteiger partial charge in [0, 0.05) is 5.22 Å². The molecule has 136 valence electrons. The smallest absolute Gasteiger partial charge is 0.327 e. The summed E-state index contributed by atoms with van der Waals surface area (Å²) in [7, 11) is -4.05. The van der Waals surface area contributed by atoms with Crippen LogP contribution in [0.5, 0.6) is 5.88 Å². The van der Waals surface area contributed by atoms with Crippen molar-refractivity contribution in [3.05, 3.63) is 50.8 Å². The number of hydrogen-bond acceptors (Lipinski definition) is 7. The van der Waals surface area contributed by atoms with Gasteiger partial charge in [0.2, 0.25) is 10.9 Å².